The first-order valence-electron chi connectivity index (χ1n) is 8.82. The zero-order valence-corrected chi connectivity index (χ0v) is 15.1. The molecule has 2 amide bonds. The maximum absolute atomic E-state index is 12.5. The van der Waals surface area contributed by atoms with E-state index in [1.54, 1.807) is 30.0 Å². The standard InChI is InChI=1S/C19H18N6O3/c1-13-19(27)24(16-7-2-3-8-17(16)28-13)10-9-18(26)21-14-5-4-6-15(11-14)25-12-20-22-23-25/h2-8,11-13H,9-10H2,1H3,(H,21,26). The molecular weight excluding hydrogens is 360 g/mol. The van der Waals surface area contributed by atoms with Gasteiger partial charge in [-0.1, -0.05) is 18.2 Å². The summed E-state index contributed by atoms with van der Waals surface area (Å²) in [6, 6.07) is 14.5. The molecule has 28 heavy (non-hydrogen) atoms. The van der Waals surface area contributed by atoms with Crippen LogP contribution >= 0.6 is 0 Å². The third-order valence-corrected chi connectivity index (χ3v) is 4.38. The number of fused-ring (bicyclic) bond motifs is 1. The molecule has 0 fully saturated rings. The maximum atomic E-state index is 12.5. The lowest BCUT2D eigenvalue weighted by Crippen LogP contribution is -2.45. The van der Waals surface area contributed by atoms with Crippen LogP contribution in [0, 0.1) is 0 Å². The summed E-state index contributed by atoms with van der Waals surface area (Å²) in [5, 5.41) is 13.9. The third kappa shape index (κ3) is 3.54. The number of tetrazole rings is 1. The highest BCUT2D eigenvalue weighted by molar-refractivity contribution is 6.00. The summed E-state index contributed by atoms with van der Waals surface area (Å²) in [6.45, 7) is 1.97. The van der Waals surface area contributed by atoms with Crippen molar-refractivity contribution in [2.24, 2.45) is 0 Å². The normalized spacial score (nSPS) is 15.7. The van der Waals surface area contributed by atoms with Crippen LogP contribution in [0.4, 0.5) is 11.4 Å². The van der Waals surface area contributed by atoms with Crippen molar-refractivity contribution < 1.29 is 14.3 Å². The number of amides is 2. The minimum absolute atomic E-state index is 0.155. The SMILES string of the molecule is CC1Oc2ccccc2N(CCC(=O)Nc2cccc(-n3cnnn3)c2)C1=O. The summed E-state index contributed by atoms with van der Waals surface area (Å²) in [5.41, 5.74) is 2.04. The summed E-state index contributed by atoms with van der Waals surface area (Å²) in [6.07, 6.45) is 1.05. The lowest BCUT2D eigenvalue weighted by molar-refractivity contribution is -0.125. The van der Waals surface area contributed by atoms with Crippen LogP contribution in [0.3, 0.4) is 0 Å². The van der Waals surface area contributed by atoms with Crippen LogP contribution in [0.5, 0.6) is 5.75 Å². The summed E-state index contributed by atoms with van der Waals surface area (Å²) < 4.78 is 7.12. The van der Waals surface area contributed by atoms with Crippen LogP contribution in [0.25, 0.3) is 5.69 Å². The Kier molecular flexibility index (Phi) is 4.71. The van der Waals surface area contributed by atoms with Gasteiger partial charge in [0, 0.05) is 18.7 Å². The smallest absolute Gasteiger partial charge is 0.267 e. The van der Waals surface area contributed by atoms with Gasteiger partial charge < -0.3 is 15.0 Å². The van der Waals surface area contributed by atoms with Gasteiger partial charge in [0.15, 0.2) is 6.10 Å². The van der Waals surface area contributed by atoms with E-state index >= 15 is 0 Å². The number of anilines is 2. The van der Waals surface area contributed by atoms with Gasteiger partial charge in [0.25, 0.3) is 5.91 Å². The molecule has 0 bridgehead atoms. The molecule has 0 radical (unpaired) electrons. The molecule has 2 aromatic carbocycles. The van der Waals surface area contributed by atoms with Gasteiger partial charge in [-0.05, 0) is 47.7 Å². The average Bonchev–Trinajstić information content (AvgIpc) is 3.23. The van der Waals surface area contributed by atoms with Crippen molar-refractivity contribution in [1.29, 1.82) is 0 Å². The predicted octanol–water partition coefficient (Wildman–Crippen LogP) is 1.80. The van der Waals surface area contributed by atoms with Crippen molar-refractivity contribution in [3.63, 3.8) is 0 Å². The van der Waals surface area contributed by atoms with Crippen LogP contribution in [-0.2, 0) is 9.59 Å². The van der Waals surface area contributed by atoms with Gasteiger partial charge in [0.05, 0.1) is 11.4 Å². The molecule has 9 heteroatoms. The number of carbonyl (C=O) groups excluding carboxylic acids is 2. The number of nitrogens with zero attached hydrogens (tertiary/aromatic N) is 5. The Morgan fingerprint density at radius 3 is 2.89 bits per heavy atom. The zero-order chi connectivity index (χ0) is 19.5. The van der Waals surface area contributed by atoms with E-state index in [9.17, 15) is 9.59 Å². The van der Waals surface area contributed by atoms with E-state index < -0.39 is 6.10 Å². The van der Waals surface area contributed by atoms with Crippen molar-refractivity contribution in [1.82, 2.24) is 20.2 Å². The number of aromatic nitrogens is 4. The first kappa shape index (κ1) is 17.7. The molecule has 2 heterocycles. The molecule has 1 unspecified atom stereocenters. The molecule has 1 atom stereocenters. The molecular formula is C19H18N6O3. The largest absolute Gasteiger partial charge is 0.479 e. The van der Waals surface area contributed by atoms with E-state index in [1.807, 2.05) is 30.3 Å². The monoisotopic (exact) mass is 378 g/mol. The van der Waals surface area contributed by atoms with Crippen LogP contribution < -0.4 is 15.0 Å². The van der Waals surface area contributed by atoms with E-state index in [0.717, 1.165) is 5.69 Å². The second-order valence-electron chi connectivity index (χ2n) is 6.32. The third-order valence-electron chi connectivity index (χ3n) is 4.38. The van der Waals surface area contributed by atoms with Gasteiger partial charge in [-0.25, -0.2) is 4.68 Å². The first-order chi connectivity index (χ1) is 13.6. The van der Waals surface area contributed by atoms with Gasteiger partial charge in [0.2, 0.25) is 5.91 Å². The van der Waals surface area contributed by atoms with Crippen LogP contribution in [0.2, 0.25) is 0 Å². The van der Waals surface area contributed by atoms with Gasteiger partial charge >= 0.3 is 0 Å². The minimum atomic E-state index is -0.578. The molecule has 142 valence electrons. The number of hydrogen-bond donors (Lipinski definition) is 1. The Balaban J connectivity index is 1.42. The maximum Gasteiger partial charge on any atom is 0.267 e. The Bertz CT molecular complexity index is 1000. The van der Waals surface area contributed by atoms with Gasteiger partial charge in [-0.2, -0.15) is 0 Å². The summed E-state index contributed by atoms with van der Waals surface area (Å²) in [4.78, 5) is 26.5. The summed E-state index contributed by atoms with van der Waals surface area (Å²) in [5.74, 6) is 0.287. The molecule has 0 saturated heterocycles. The second kappa shape index (κ2) is 7.47. The van der Waals surface area contributed by atoms with Crippen molar-refractivity contribution in [2.45, 2.75) is 19.4 Å². The fourth-order valence-corrected chi connectivity index (χ4v) is 3.03. The van der Waals surface area contributed by atoms with E-state index in [-0.39, 0.29) is 24.8 Å². The van der Waals surface area contributed by atoms with E-state index in [0.29, 0.717) is 17.1 Å². The number of carbonyl (C=O) groups is 2. The van der Waals surface area contributed by atoms with Gasteiger partial charge in [0.1, 0.15) is 12.1 Å². The van der Waals surface area contributed by atoms with Crippen molar-refractivity contribution in [2.75, 3.05) is 16.8 Å². The van der Waals surface area contributed by atoms with Crippen molar-refractivity contribution in [3.8, 4) is 11.4 Å². The van der Waals surface area contributed by atoms with Crippen LogP contribution in [-0.4, -0.2) is 44.7 Å². The highest BCUT2D eigenvalue weighted by Crippen LogP contribution is 2.33. The molecule has 4 rings (SSSR count). The zero-order valence-electron chi connectivity index (χ0n) is 15.1. The predicted molar refractivity (Wildman–Crippen MR) is 101 cm³/mol. The quantitative estimate of drug-likeness (QED) is 0.726. The highest BCUT2D eigenvalue weighted by Gasteiger charge is 2.31. The molecule has 1 aliphatic rings. The minimum Gasteiger partial charge on any atom is -0.479 e. The Labute approximate surface area is 160 Å². The number of ether oxygens (including phenoxy) is 1. The fraction of sp³-hybridized carbons (Fsp3) is 0.211. The highest BCUT2D eigenvalue weighted by atomic mass is 16.5. The Morgan fingerprint density at radius 2 is 2.07 bits per heavy atom. The number of nitrogens with one attached hydrogen (secondary N) is 1. The van der Waals surface area contributed by atoms with Crippen LogP contribution in [0.1, 0.15) is 13.3 Å². The first-order valence-corrected chi connectivity index (χ1v) is 8.82. The van der Waals surface area contributed by atoms with Gasteiger partial charge in [-0.3, -0.25) is 9.59 Å². The van der Waals surface area contributed by atoms with Gasteiger partial charge in [-0.15, -0.1) is 5.10 Å². The number of rotatable bonds is 5. The summed E-state index contributed by atoms with van der Waals surface area (Å²) in [7, 11) is 0. The van der Waals surface area contributed by atoms with Crippen molar-refractivity contribution in [3.05, 3.63) is 54.9 Å². The molecule has 0 aliphatic carbocycles. The molecule has 1 aromatic heterocycles. The van der Waals surface area contributed by atoms with E-state index in [2.05, 4.69) is 20.8 Å². The average molecular weight is 378 g/mol. The molecule has 1 N–H and O–H groups in total. The molecule has 1 aliphatic heterocycles. The fourth-order valence-electron chi connectivity index (χ4n) is 3.03. The number of para-hydroxylation sites is 2. The Morgan fingerprint density at radius 1 is 1.21 bits per heavy atom. The molecule has 9 nitrogen and oxygen atoms in total. The molecule has 0 saturated carbocycles. The topological polar surface area (TPSA) is 102 Å². The van der Waals surface area contributed by atoms with Crippen molar-refractivity contribution >= 4 is 23.2 Å². The summed E-state index contributed by atoms with van der Waals surface area (Å²) >= 11 is 0. The lowest BCUT2D eigenvalue weighted by atomic mass is 10.1. The second-order valence-corrected chi connectivity index (χ2v) is 6.32. The van der Waals surface area contributed by atoms with E-state index in [1.165, 1.54) is 11.0 Å². The lowest BCUT2D eigenvalue weighted by Gasteiger charge is -2.32. The number of benzene rings is 2. The van der Waals surface area contributed by atoms with Crippen LogP contribution in [0.15, 0.2) is 54.9 Å². The number of hydrogen-bond acceptors (Lipinski definition) is 6. The van der Waals surface area contributed by atoms with E-state index in [4.69, 9.17) is 4.74 Å². The Hall–Kier alpha value is -3.75. The molecule has 3 aromatic rings. The molecule has 0 spiro atoms.